The number of carbonyl (C=O) groups excluding carboxylic acids is 1. The zero-order valence-electron chi connectivity index (χ0n) is 15.9. The second-order valence-corrected chi connectivity index (χ2v) is 7.28. The molecule has 2 heterocycles. The van der Waals surface area contributed by atoms with E-state index in [0.29, 0.717) is 6.42 Å². The summed E-state index contributed by atoms with van der Waals surface area (Å²) in [5, 5.41) is 3.40. The van der Waals surface area contributed by atoms with Crippen LogP contribution in [0.2, 0.25) is 0 Å². The van der Waals surface area contributed by atoms with Gasteiger partial charge in [-0.1, -0.05) is 24.3 Å². The maximum absolute atomic E-state index is 12.8. The molecule has 1 aromatic heterocycles. The number of thioether (sulfide) groups is 1. The average molecular weight is 444 g/mol. The van der Waals surface area contributed by atoms with Gasteiger partial charge in [0.05, 0.1) is 18.8 Å². The number of nitrogens with one attached hydrogen (secondary N) is 1. The second kappa shape index (κ2) is 12.9. The highest BCUT2D eigenvalue weighted by atomic mass is 35.5. The first-order chi connectivity index (χ1) is 12.8. The number of halogens is 2. The van der Waals surface area contributed by atoms with Crippen LogP contribution >= 0.6 is 36.6 Å². The fourth-order valence-corrected chi connectivity index (χ4v) is 4.03. The van der Waals surface area contributed by atoms with E-state index in [4.69, 9.17) is 4.74 Å². The van der Waals surface area contributed by atoms with Gasteiger partial charge in [-0.3, -0.25) is 9.78 Å². The number of amides is 1. The van der Waals surface area contributed by atoms with Crippen LogP contribution in [0.5, 0.6) is 5.75 Å². The number of ether oxygens (including phenoxy) is 1. The van der Waals surface area contributed by atoms with Crippen molar-refractivity contribution in [3.05, 3.63) is 59.9 Å². The molecule has 8 heteroatoms. The van der Waals surface area contributed by atoms with E-state index in [0.717, 1.165) is 48.1 Å². The van der Waals surface area contributed by atoms with E-state index >= 15 is 0 Å². The Kier molecular flexibility index (Phi) is 11.3. The van der Waals surface area contributed by atoms with Gasteiger partial charge in [-0.15, -0.1) is 24.8 Å². The molecular weight excluding hydrogens is 417 g/mol. The number of hydrogen-bond acceptors (Lipinski definition) is 5. The van der Waals surface area contributed by atoms with E-state index in [9.17, 15) is 4.79 Å². The van der Waals surface area contributed by atoms with Crippen LogP contribution in [-0.4, -0.2) is 48.3 Å². The zero-order valence-corrected chi connectivity index (χ0v) is 18.3. The van der Waals surface area contributed by atoms with Crippen molar-refractivity contribution in [1.82, 2.24) is 15.2 Å². The third-order valence-corrected chi connectivity index (χ3v) is 5.49. The number of nitrogens with zero attached hydrogens (tertiary/aromatic N) is 2. The molecule has 1 unspecified atom stereocenters. The van der Waals surface area contributed by atoms with E-state index < -0.39 is 0 Å². The van der Waals surface area contributed by atoms with Crippen molar-refractivity contribution in [1.29, 1.82) is 0 Å². The summed E-state index contributed by atoms with van der Waals surface area (Å²) in [5.41, 5.74) is 2.12. The Morgan fingerprint density at radius 1 is 1.25 bits per heavy atom. The van der Waals surface area contributed by atoms with Gasteiger partial charge in [-0.2, -0.15) is 11.8 Å². The summed E-state index contributed by atoms with van der Waals surface area (Å²) in [6.07, 6.45) is 2.35. The van der Waals surface area contributed by atoms with Gasteiger partial charge in [-0.25, -0.2) is 0 Å². The van der Waals surface area contributed by atoms with E-state index in [1.54, 1.807) is 25.1 Å². The van der Waals surface area contributed by atoms with Crippen LogP contribution in [0.25, 0.3) is 0 Å². The smallest absolute Gasteiger partial charge is 0.224 e. The lowest BCUT2D eigenvalue weighted by Gasteiger charge is -2.37. The Labute approximate surface area is 183 Å². The van der Waals surface area contributed by atoms with Gasteiger partial charge in [-0.05, 0) is 18.2 Å². The fourth-order valence-electron chi connectivity index (χ4n) is 3.19. The quantitative estimate of drug-likeness (QED) is 0.660. The van der Waals surface area contributed by atoms with E-state index in [1.807, 2.05) is 47.4 Å². The van der Waals surface area contributed by atoms with Crippen molar-refractivity contribution < 1.29 is 9.53 Å². The number of pyridine rings is 1. The van der Waals surface area contributed by atoms with Gasteiger partial charge in [0.25, 0.3) is 0 Å². The van der Waals surface area contributed by atoms with Gasteiger partial charge in [0.15, 0.2) is 0 Å². The molecule has 1 N–H and O–H groups in total. The minimum Gasteiger partial charge on any atom is -0.496 e. The SMILES string of the molecule is COc1ccccc1C1CNCCN1C(=O)CCSCc1ccccn1.Cl.Cl. The van der Waals surface area contributed by atoms with Gasteiger partial charge >= 0.3 is 0 Å². The van der Waals surface area contributed by atoms with Crippen LogP contribution in [0.4, 0.5) is 0 Å². The van der Waals surface area contributed by atoms with Crippen LogP contribution < -0.4 is 10.1 Å². The number of carbonyl (C=O) groups is 1. The number of hydrogen-bond donors (Lipinski definition) is 1. The first-order valence-corrected chi connectivity index (χ1v) is 10.1. The summed E-state index contributed by atoms with van der Waals surface area (Å²) in [5.74, 6) is 2.68. The Hall–Kier alpha value is -1.47. The molecule has 28 heavy (non-hydrogen) atoms. The molecule has 0 aliphatic carbocycles. The summed E-state index contributed by atoms with van der Waals surface area (Å²) in [6.45, 7) is 2.32. The summed E-state index contributed by atoms with van der Waals surface area (Å²) >= 11 is 1.75. The highest BCUT2D eigenvalue weighted by Crippen LogP contribution is 2.30. The molecule has 1 aliphatic rings. The first-order valence-electron chi connectivity index (χ1n) is 8.90. The average Bonchev–Trinajstić information content (AvgIpc) is 2.72. The Morgan fingerprint density at radius 3 is 2.79 bits per heavy atom. The van der Waals surface area contributed by atoms with E-state index in [2.05, 4.69) is 10.3 Å². The normalized spacial score (nSPS) is 15.9. The van der Waals surface area contributed by atoms with Crippen molar-refractivity contribution in [2.75, 3.05) is 32.5 Å². The molecule has 0 radical (unpaired) electrons. The number of rotatable bonds is 7. The molecule has 0 saturated carbocycles. The summed E-state index contributed by atoms with van der Waals surface area (Å²) in [6, 6.07) is 13.9. The third-order valence-electron chi connectivity index (χ3n) is 4.50. The summed E-state index contributed by atoms with van der Waals surface area (Å²) in [4.78, 5) is 19.1. The molecule has 2 aromatic rings. The Morgan fingerprint density at radius 2 is 2.04 bits per heavy atom. The summed E-state index contributed by atoms with van der Waals surface area (Å²) in [7, 11) is 1.68. The van der Waals surface area contributed by atoms with Crippen LogP contribution in [0.1, 0.15) is 23.7 Å². The second-order valence-electron chi connectivity index (χ2n) is 6.17. The molecule has 154 valence electrons. The summed E-state index contributed by atoms with van der Waals surface area (Å²) < 4.78 is 5.50. The van der Waals surface area contributed by atoms with Gasteiger partial charge in [0, 0.05) is 49.3 Å². The van der Waals surface area contributed by atoms with E-state index in [-0.39, 0.29) is 36.8 Å². The number of para-hydroxylation sites is 1. The van der Waals surface area contributed by atoms with Crippen LogP contribution in [0.15, 0.2) is 48.7 Å². The highest BCUT2D eigenvalue weighted by Gasteiger charge is 2.29. The molecule has 1 atom stereocenters. The number of aromatic nitrogens is 1. The lowest BCUT2D eigenvalue weighted by molar-refractivity contribution is -0.134. The molecule has 3 rings (SSSR count). The van der Waals surface area contributed by atoms with Crippen LogP contribution in [0, 0.1) is 0 Å². The molecule has 0 spiro atoms. The van der Waals surface area contributed by atoms with Gasteiger partial charge < -0.3 is 15.0 Å². The molecule has 1 aromatic carbocycles. The fraction of sp³-hybridized carbons (Fsp3) is 0.400. The molecular formula is C20H27Cl2N3O2S. The number of piperazine rings is 1. The predicted octanol–water partition coefficient (Wildman–Crippen LogP) is 3.73. The van der Waals surface area contributed by atoms with Crippen molar-refractivity contribution in [3.63, 3.8) is 0 Å². The molecule has 5 nitrogen and oxygen atoms in total. The van der Waals surface area contributed by atoms with Gasteiger partial charge in [0.2, 0.25) is 5.91 Å². The lowest BCUT2D eigenvalue weighted by atomic mass is 10.0. The van der Waals surface area contributed by atoms with Crippen LogP contribution in [0.3, 0.4) is 0 Å². The van der Waals surface area contributed by atoms with Crippen molar-refractivity contribution in [3.8, 4) is 5.75 Å². The molecule has 1 amide bonds. The topological polar surface area (TPSA) is 54.5 Å². The van der Waals surface area contributed by atoms with Crippen molar-refractivity contribution >= 4 is 42.5 Å². The third kappa shape index (κ3) is 6.55. The minimum absolute atomic E-state index is 0. The largest absolute Gasteiger partial charge is 0.496 e. The van der Waals surface area contributed by atoms with Crippen LogP contribution in [-0.2, 0) is 10.5 Å². The minimum atomic E-state index is 0. The van der Waals surface area contributed by atoms with Crippen molar-refractivity contribution in [2.45, 2.75) is 18.2 Å². The number of methoxy groups -OCH3 is 1. The highest BCUT2D eigenvalue weighted by molar-refractivity contribution is 7.98. The maximum Gasteiger partial charge on any atom is 0.224 e. The molecule has 0 bridgehead atoms. The predicted molar refractivity (Wildman–Crippen MR) is 120 cm³/mol. The first kappa shape index (κ1) is 24.6. The molecule has 1 fully saturated rings. The van der Waals surface area contributed by atoms with Crippen molar-refractivity contribution in [2.24, 2.45) is 0 Å². The zero-order chi connectivity index (χ0) is 18.2. The van der Waals surface area contributed by atoms with Gasteiger partial charge in [0.1, 0.15) is 5.75 Å². The monoisotopic (exact) mass is 443 g/mol. The van der Waals surface area contributed by atoms with E-state index in [1.165, 1.54) is 0 Å². The molecule has 1 saturated heterocycles. The standard InChI is InChI=1S/C20H25N3O2S.2ClH/c1-25-19-8-3-2-7-17(19)18-14-21-11-12-23(18)20(24)9-13-26-15-16-6-4-5-10-22-16;;/h2-8,10,18,21H,9,11-15H2,1H3;2*1H. The Bertz CT molecular complexity index is 722. The Balaban J connectivity index is 0.00000196. The number of benzene rings is 1. The maximum atomic E-state index is 12.8. The molecule has 1 aliphatic heterocycles. The lowest BCUT2D eigenvalue weighted by Crippen LogP contribution is -2.48.